The monoisotopic (exact) mass is 269 g/mol. The van der Waals surface area contributed by atoms with E-state index in [2.05, 4.69) is 15.2 Å². The molecule has 0 atom stereocenters. The van der Waals surface area contributed by atoms with Gasteiger partial charge >= 0.3 is 0 Å². The van der Waals surface area contributed by atoms with Crippen molar-refractivity contribution in [2.24, 2.45) is 4.99 Å². The summed E-state index contributed by atoms with van der Waals surface area (Å²) >= 11 is 1.61. The van der Waals surface area contributed by atoms with Crippen LogP contribution in [0.1, 0.15) is 19.8 Å². The Morgan fingerprint density at radius 3 is 3.39 bits per heavy atom. The summed E-state index contributed by atoms with van der Waals surface area (Å²) in [7, 11) is 0. The number of nitrogens with one attached hydrogen (secondary N) is 1. The highest BCUT2D eigenvalue weighted by Crippen LogP contribution is 2.30. The van der Waals surface area contributed by atoms with Gasteiger partial charge in [0.25, 0.3) is 0 Å². The number of hydrogen-bond donors (Lipinski definition) is 1. The molecule has 0 spiro atoms. The Labute approximate surface area is 112 Å². The number of hydrogen-bond acceptors (Lipinski definition) is 5. The van der Waals surface area contributed by atoms with Crippen LogP contribution in [0.15, 0.2) is 16.1 Å². The number of amidine groups is 1. The van der Waals surface area contributed by atoms with Gasteiger partial charge in [-0.1, -0.05) is 11.8 Å². The van der Waals surface area contributed by atoms with Crippen LogP contribution in [0.2, 0.25) is 0 Å². The second-order valence-electron chi connectivity index (χ2n) is 4.12. The van der Waals surface area contributed by atoms with E-state index in [0.29, 0.717) is 19.6 Å². The van der Waals surface area contributed by atoms with Crippen molar-refractivity contribution in [3.05, 3.63) is 11.1 Å². The molecule has 6 heteroatoms. The molecule has 2 rings (SSSR count). The largest absolute Gasteiger partial charge is 0.382 e. The Morgan fingerprint density at radius 1 is 1.67 bits per heavy atom. The number of amides is 1. The summed E-state index contributed by atoms with van der Waals surface area (Å²) in [6.45, 7) is 5.84. The Kier molecular flexibility index (Phi) is 5.07. The van der Waals surface area contributed by atoms with Crippen LogP contribution in [0, 0.1) is 0 Å². The molecule has 0 fully saturated rings. The Bertz CT molecular complexity index is 368. The van der Waals surface area contributed by atoms with Gasteiger partial charge in [-0.3, -0.25) is 9.79 Å². The van der Waals surface area contributed by atoms with Crippen LogP contribution in [0.4, 0.5) is 0 Å². The van der Waals surface area contributed by atoms with Crippen molar-refractivity contribution < 1.29 is 9.53 Å². The highest BCUT2D eigenvalue weighted by molar-refractivity contribution is 8.16. The van der Waals surface area contributed by atoms with E-state index in [4.69, 9.17) is 4.74 Å². The van der Waals surface area contributed by atoms with E-state index in [-0.39, 0.29) is 5.91 Å². The molecule has 0 unspecified atom stereocenters. The molecule has 18 heavy (non-hydrogen) atoms. The third kappa shape index (κ3) is 3.49. The van der Waals surface area contributed by atoms with Gasteiger partial charge in [-0.25, -0.2) is 0 Å². The summed E-state index contributed by atoms with van der Waals surface area (Å²) in [6.07, 6.45) is 1.31. The number of nitrogens with zero attached hydrogens (tertiary/aromatic N) is 2. The molecule has 2 aliphatic rings. The number of fused-ring (bicyclic) bond motifs is 1. The van der Waals surface area contributed by atoms with Crippen LogP contribution in [0.25, 0.3) is 0 Å². The van der Waals surface area contributed by atoms with Gasteiger partial charge in [0.15, 0.2) is 5.17 Å². The molecule has 100 valence electrons. The molecule has 0 aromatic carbocycles. The van der Waals surface area contributed by atoms with E-state index < -0.39 is 0 Å². The lowest BCUT2D eigenvalue weighted by molar-refractivity contribution is -0.120. The molecular formula is C12H19N3O2S. The SMILES string of the molecule is CCOCCCNC(=O)CC1=CSC2=NCCN12. The van der Waals surface area contributed by atoms with Crippen LogP contribution in [-0.2, 0) is 9.53 Å². The lowest BCUT2D eigenvalue weighted by Crippen LogP contribution is -2.29. The molecule has 5 nitrogen and oxygen atoms in total. The molecule has 0 radical (unpaired) electrons. The molecule has 0 aromatic heterocycles. The first-order valence-electron chi connectivity index (χ1n) is 6.33. The van der Waals surface area contributed by atoms with Gasteiger partial charge in [-0.15, -0.1) is 0 Å². The van der Waals surface area contributed by atoms with Crippen molar-refractivity contribution >= 4 is 22.8 Å². The lowest BCUT2D eigenvalue weighted by atomic mass is 10.3. The van der Waals surface area contributed by atoms with Crippen LogP contribution < -0.4 is 5.32 Å². The molecular weight excluding hydrogens is 250 g/mol. The van der Waals surface area contributed by atoms with Crippen molar-refractivity contribution in [3.8, 4) is 0 Å². The van der Waals surface area contributed by atoms with Gasteiger partial charge in [-0.05, 0) is 18.8 Å². The topological polar surface area (TPSA) is 53.9 Å². The normalized spacial score (nSPS) is 17.5. The first-order chi connectivity index (χ1) is 8.81. The third-order valence-electron chi connectivity index (χ3n) is 2.78. The number of carbonyl (C=O) groups is 1. The van der Waals surface area contributed by atoms with Crippen molar-refractivity contribution in [3.63, 3.8) is 0 Å². The standard InChI is InChI=1S/C12H19N3O2S/c1-2-17-7-3-4-13-11(16)8-10-9-18-12-14-5-6-15(10)12/h9H,2-8H2,1H3,(H,13,16). The minimum absolute atomic E-state index is 0.0755. The van der Waals surface area contributed by atoms with Crippen LogP contribution >= 0.6 is 11.8 Å². The minimum Gasteiger partial charge on any atom is -0.382 e. The summed E-state index contributed by atoms with van der Waals surface area (Å²) in [5.74, 6) is 0.0755. The predicted octanol–water partition coefficient (Wildman–Crippen LogP) is 1.18. The van der Waals surface area contributed by atoms with Crippen molar-refractivity contribution in [1.82, 2.24) is 10.2 Å². The number of ether oxygens (including phenoxy) is 1. The van der Waals surface area contributed by atoms with Gasteiger partial charge in [0, 0.05) is 32.0 Å². The average molecular weight is 269 g/mol. The second-order valence-corrected chi connectivity index (χ2v) is 4.96. The first-order valence-corrected chi connectivity index (χ1v) is 7.21. The summed E-state index contributed by atoms with van der Waals surface area (Å²) in [6, 6.07) is 0. The summed E-state index contributed by atoms with van der Waals surface area (Å²) in [4.78, 5) is 18.2. The fraction of sp³-hybridized carbons (Fsp3) is 0.667. The predicted molar refractivity (Wildman–Crippen MR) is 73.4 cm³/mol. The van der Waals surface area contributed by atoms with Gasteiger partial charge in [0.1, 0.15) is 0 Å². The fourth-order valence-electron chi connectivity index (χ4n) is 1.89. The second kappa shape index (κ2) is 6.80. The maximum atomic E-state index is 11.8. The molecule has 1 amide bonds. The molecule has 2 heterocycles. The van der Waals surface area contributed by atoms with E-state index in [1.54, 1.807) is 11.8 Å². The highest BCUT2D eigenvalue weighted by Gasteiger charge is 2.27. The Balaban J connectivity index is 1.64. The van der Waals surface area contributed by atoms with E-state index in [1.807, 2.05) is 12.3 Å². The van der Waals surface area contributed by atoms with Crippen LogP contribution in [-0.4, -0.2) is 48.8 Å². The van der Waals surface area contributed by atoms with E-state index in [0.717, 1.165) is 37.0 Å². The number of carbonyl (C=O) groups excluding carboxylic acids is 1. The van der Waals surface area contributed by atoms with Gasteiger partial charge in [0.2, 0.25) is 5.91 Å². The minimum atomic E-state index is 0.0755. The zero-order valence-electron chi connectivity index (χ0n) is 10.6. The Morgan fingerprint density at radius 2 is 2.56 bits per heavy atom. The summed E-state index contributed by atoms with van der Waals surface area (Å²) in [5.41, 5.74) is 1.07. The molecule has 0 aromatic rings. The maximum Gasteiger partial charge on any atom is 0.225 e. The molecule has 2 aliphatic heterocycles. The van der Waals surface area contributed by atoms with Crippen LogP contribution in [0.5, 0.6) is 0 Å². The van der Waals surface area contributed by atoms with Crippen molar-refractivity contribution in [2.45, 2.75) is 19.8 Å². The summed E-state index contributed by atoms with van der Waals surface area (Å²) in [5, 5.41) is 5.97. The molecule has 1 N–H and O–H groups in total. The maximum absolute atomic E-state index is 11.8. The van der Waals surface area contributed by atoms with Gasteiger partial charge < -0.3 is 15.0 Å². The zero-order valence-corrected chi connectivity index (χ0v) is 11.5. The zero-order chi connectivity index (χ0) is 12.8. The molecule has 0 aliphatic carbocycles. The van der Waals surface area contributed by atoms with Crippen molar-refractivity contribution in [1.29, 1.82) is 0 Å². The number of rotatable bonds is 7. The number of aliphatic imine (C=N–C) groups is 1. The molecule has 0 bridgehead atoms. The smallest absolute Gasteiger partial charge is 0.225 e. The van der Waals surface area contributed by atoms with Gasteiger partial charge in [0.05, 0.1) is 13.0 Å². The molecule has 0 saturated heterocycles. The average Bonchev–Trinajstić information content (AvgIpc) is 2.94. The third-order valence-corrected chi connectivity index (χ3v) is 3.73. The van der Waals surface area contributed by atoms with E-state index >= 15 is 0 Å². The molecule has 0 saturated carbocycles. The fourth-order valence-corrected chi connectivity index (χ4v) is 2.84. The van der Waals surface area contributed by atoms with Crippen molar-refractivity contribution in [2.75, 3.05) is 32.8 Å². The number of thioether (sulfide) groups is 1. The van der Waals surface area contributed by atoms with Gasteiger partial charge in [-0.2, -0.15) is 0 Å². The first kappa shape index (κ1) is 13.4. The quantitative estimate of drug-likeness (QED) is 0.705. The lowest BCUT2D eigenvalue weighted by Gasteiger charge is -2.16. The van der Waals surface area contributed by atoms with Crippen LogP contribution in [0.3, 0.4) is 0 Å². The Hall–Kier alpha value is -1.01. The summed E-state index contributed by atoms with van der Waals surface area (Å²) < 4.78 is 5.22. The van der Waals surface area contributed by atoms with E-state index in [9.17, 15) is 4.79 Å². The van der Waals surface area contributed by atoms with E-state index in [1.165, 1.54) is 0 Å². The highest BCUT2D eigenvalue weighted by atomic mass is 32.2.